The molecule has 0 radical (unpaired) electrons. The van der Waals surface area contributed by atoms with Crippen LogP contribution < -0.4 is 16.7 Å². The van der Waals surface area contributed by atoms with E-state index in [-0.39, 0.29) is 12.3 Å². The third-order valence-electron chi connectivity index (χ3n) is 6.32. The van der Waals surface area contributed by atoms with E-state index < -0.39 is 44.2 Å². The van der Waals surface area contributed by atoms with Crippen molar-refractivity contribution in [1.82, 2.24) is 10.9 Å². The van der Waals surface area contributed by atoms with E-state index in [0.29, 0.717) is 26.1 Å². The molecule has 9 nitrogen and oxygen atoms in total. The SMILES string of the molecule is CC(C)C[C@@H](C(=O)NN)C(C(=O)NO)C(/C=C/c1ccccc1)(C1CCOCC1)S(C)(=O)=O. The van der Waals surface area contributed by atoms with E-state index in [1.165, 1.54) is 6.08 Å². The summed E-state index contributed by atoms with van der Waals surface area (Å²) >= 11 is 0. The van der Waals surface area contributed by atoms with Crippen LogP contribution in [0.1, 0.15) is 38.7 Å². The minimum absolute atomic E-state index is 0.0497. The van der Waals surface area contributed by atoms with Crippen molar-refractivity contribution in [2.24, 2.45) is 29.5 Å². The number of hydroxylamine groups is 1. The molecular weight excluding hydrogens is 446 g/mol. The zero-order chi connectivity index (χ0) is 24.6. The number of nitrogens with two attached hydrogens (primary N) is 1. The molecule has 2 amide bonds. The molecule has 33 heavy (non-hydrogen) atoms. The zero-order valence-corrected chi connectivity index (χ0v) is 20.2. The highest BCUT2D eigenvalue weighted by molar-refractivity contribution is 7.92. The van der Waals surface area contributed by atoms with Crippen molar-refractivity contribution in [1.29, 1.82) is 0 Å². The van der Waals surface area contributed by atoms with Crippen LogP contribution in [0.2, 0.25) is 0 Å². The molecule has 2 unspecified atom stereocenters. The number of benzene rings is 1. The minimum atomic E-state index is -4.01. The molecule has 0 bridgehead atoms. The summed E-state index contributed by atoms with van der Waals surface area (Å²) in [4.78, 5) is 26.1. The number of amides is 2. The van der Waals surface area contributed by atoms with Gasteiger partial charge in [0.05, 0.1) is 11.8 Å². The summed E-state index contributed by atoms with van der Waals surface area (Å²) in [7, 11) is -4.01. The predicted octanol–water partition coefficient (Wildman–Crippen LogP) is 1.68. The molecule has 1 fully saturated rings. The summed E-state index contributed by atoms with van der Waals surface area (Å²) < 4.78 is 30.9. The Kier molecular flexibility index (Phi) is 9.59. The number of nitrogens with one attached hydrogen (secondary N) is 2. The van der Waals surface area contributed by atoms with Crippen LogP contribution in [-0.2, 0) is 24.2 Å². The van der Waals surface area contributed by atoms with Crippen LogP contribution in [0.5, 0.6) is 0 Å². The molecular formula is C23H35N3O6S. The maximum Gasteiger partial charge on any atom is 0.249 e. The first-order valence-corrected chi connectivity index (χ1v) is 12.9. The lowest BCUT2D eigenvalue weighted by Gasteiger charge is -2.46. The van der Waals surface area contributed by atoms with Crippen LogP contribution >= 0.6 is 0 Å². The lowest BCUT2D eigenvalue weighted by molar-refractivity contribution is -0.143. The second kappa shape index (κ2) is 11.7. The molecule has 0 saturated carbocycles. The maximum atomic E-state index is 13.6. The number of rotatable bonds is 10. The van der Waals surface area contributed by atoms with E-state index in [4.69, 9.17) is 10.6 Å². The van der Waals surface area contributed by atoms with Crippen molar-refractivity contribution in [2.45, 2.75) is 37.9 Å². The molecule has 3 atom stereocenters. The lowest BCUT2D eigenvalue weighted by Crippen LogP contribution is -2.60. The van der Waals surface area contributed by atoms with Crippen LogP contribution in [0.4, 0.5) is 0 Å². The highest BCUT2D eigenvalue weighted by Gasteiger charge is 2.58. The minimum Gasteiger partial charge on any atom is -0.381 e. The number of carbonyl (C=O) groups is 2. The molecule has 0 aromatic heterocycles. The summed E-state index contributed by atoms with van der Waals surface area (Å²) in [5.41, 5.74) is 4.45. The van der Waals surface area contributed by atoms with Gasteiger partial charge in [-0.1, -0.05) is 56.3 Å². The molecule has 0 spiro atoms. The van der Waals surface area contributed by atoms with Crippen molar-refractivity contribution in [3.63, 3.8) is 0 Å². The van der Waals surface area contributed by atoms with Gasteiger partial charge in [0.2, 0.25) is 11.8 Å². The van der Waals surface area contributed by atoms with Crippen molar-refractivity contribution >= 4 is 27.7 Å². The Hall–Kier alpha value is -2.27. The highest BCUT2D eigenvalue weighted by atomic mass is 32.2. The Bertz CT molecular complexity index is 929. The summed E-state index contributed by atoms with van der Waals surface area (Å²) in [5, 5.41) is 9.65. The summed E-state index contributed by atoms with van der Waals surface area (Å²) in [6.45, 7) is 4.38. The molecule has 0 aliphatic carbocycles. The monoisotopic (exact) mass is 481 g/mol. The highest BCUT2D eigenvalue weighted by Crippen LogP contribution is 2.46. The standard InChI is InChI=1S/C23H35N3O6S/c1-16(2)15-19(21(27)25-24)20(22(28)26-29)23(33(3,30)31,18-10-13-32-14-11-18)12-9-17-7-5-4-6-8-17/h4-9,12,16,18-20,29H,10-11,13-15,24H2,1-3H3,(H,25,27)(H,26,28)/b12-9+/t19-,20?,23?/m1/s1. The van der Waals surface area contributed by atoms with Crippen LogP contribution in [-0.4, -0.2) is 49.7 Å². The zero-order valence-electron chi connectivity index (χ0n) is 19.4. The van der Waals surface area contributed by atoms with E-state index >= 15 is 0 Å². The van der Waals surface area contributed by atoms with Gasteiger partial charge >= 0.3 is 0 Å². The van der Waals surface area contributed by atoms with Crippen LogP contribution in [0.3, 0.4) is 0 Å². The first-order chi connectivity index (χ1) is 15.6. The van der Waals surface area contributed by atoms with Gasteiger partial charge in [0, 0.05) is 19.5 Å². The topological polar surface area (TPSA) is 148 Å². The number of carbonyl (C=O) groups excluding carboxylic acids is 2. The predicted molar refractivity (Wildman–Crippen MR) is 125 cm³/mol. The van der Waals surface area contributed by atoms with Crippen molar-refractivity contribution in [3.8, 4) is 0 Å². The number of ether oxygens (including phenoxy) is 1. The van der Waals surface area contributed by atoms with Gasteiger partial charge in [-0.25, -0.2) is 19.7 Å². The van der Waals surface area contributed by atoms with Gasteiger partial charge in [0.15, 0.2) is 9.84 Å². The first-order valence-electron chi connectivity index (χ1n) is 11.0. The number of hydrazine groups is 1. The molecule has 5 N–H and O–H groups in total. The fourth-order valence-corrected chi connectivity index (χ4v) is 6.76. The van der Waals surface area contributed by atoms with Gasteiger partial charge in [0.1, 0.15) is 4.75 Å². The van der Waals surface area contributed by atoms with Gasteiger partial charge in [0.25, 0.3) is 0 Å². The van der Waals surface area contributed by atoms with Crippen LogP contribution in [0.15, 0.2) is 36.4 Å². The Morgan fingerprint density at radius 1 is 1.21 bits per heavy atom. The van der Waals surface area contributed by atoms with Gasteiger partial charge < -0.3 is 4.74 Å². The molecule has 2 rings (SSSR count). The van der Waals surface area contributed by atoms with Crippen molar-refractivity contribution < 1.29 is 28.0 Å². The average Bonchev–Trinajstić information content (AvgIpc) is 2.80. The molecule has 1 aromatic rings. The number of hydrogen-bond donors (Lipinski definition) is 4. The quantitative estimate of drug-likeness (QED) is 0.172. The van der Waals surface area contributed by atoms with E-state index in [2.05, 4.69) is 5.43 Å². The molecule has 10 heteroatoms. The lowest BCUT2D eigenvalue weighted by atomic mass is 9.68. The number of hydrogen-bond acceptors (Lipinski definition) is 7. The molecule has 1 saturated heterocycles. The summed E-state index contributed by atoms with van der Waals surface area (Å²) in [5.74, 6) is 0.740. The normalized spacial score (nSPS) is 19.1. The molecule has 1 aromatic carbocycles. The Labute approximate surface area is 195 Å². The van der Waals surface area contributed by atoms with Gasteiger partial charge in [-0.15, -0.1) is 0 Å². The molecule has 1 heterocycles. The maximum absolute atomic E-state index is 13.6. The average molecular weight is 482 g/mol. The number of sulfone groups is 1. The van der Waals surface area contributed by atoms with Crippen molar-refractivity contribution in [3.05, 3.63) is 42.0 Å². The van der Waals surface area contributed by atoms with Gasteiger partial charge in [-0.3, -0.25) is 20.2 Å². The third kappa shape index (κ3) is 6.20. The van der Waals surface area contributed by atoms with Gasteiger partial charge in [-0.2, -0.15) is 0 Å². The summed E-state index contributed by atoms with van der Waals surface area (Å²) in [6.07, 6.45) is 5.19. The second-order valence-corrected chi connectivity index (χ2v) is 11.2. The third-order valence-corrected chi connectivity index (χ3v) is 8.33. The summed E-state index contributed by atoms with van der Waals surface area (Å²) in [6, 6.07) is 9.10. The second-order valence-electron chi connectivity index (χ2n) is 8.95. The Morgan fingerprint density at radius 2 is 1.82 bits per heavy atom. The van der Waals surface area contributed by atoms with Gasteiger partial charge in [-0.05, 0) is 36.7 Å². The van der Waals surface area contributed by atoms with E-state index in [0.717, 1.165) is 11.8 Å². The Morgan fingerprint density at radius 3 is 2.30 bits per heavy atom. The molecule has 1 aliphatic rings. The van der Waals surface area contributed by atoms with Crippen molar-refractivity contribution in [2.75, 3.05) is 19.5 Å². The molecule has 1 aliphatic heterocycles. The van der Waals surface area contributed by atoms with E-state index in [1.807, 2.05) is 44.2 Å². The van der Waals surface area contributed by atoms with Crippen LogP contribution in [0.25, 0.3) is 6.08 Å². The van der Waals surface area contributed by atoms with E-state index in [9.17, 15) is 23.2 Å². The fraction of sp³-hybridized carbons (Fsp3) is 0.565. The smallest absolute Gasteiger partial charge is 0.249 e. The first kappa shape index (κ1) is 27.0. The fourth-order valence-electron chi connectivity index (χ4n) is 4.87. The largest absolute Gasteiger partial charge is 0.381 e. The van der Waals surface area contributed by atoms with E-state index in [1.54, 1.807) is 11.6 Å². The van der Waals surface area contributed by atoms with Crippen LogP contribution in [0, 0.1) is 23.7 Å². The Balaban J connectivity index is 2.84. The molecule has 184 valence electrons.